The number of nitrogens with zero attached hydrogens (tertiary/aromatic N) is 2. The Bertz CT molecular complexity index is 682. The van der Waals surface area contributed by atoms with E-state index < -0.39 is 0 Å². The van der Waals surface area contributed by atoms with Gasteiger partial charge in [0.2, 0.25) is 5.91 Å². The Morgan fingerprint density at radius 3 is 2.47 bits per heavy atom. The third-order valence-corrected chi connectivity index (χ3v) is 6.53. The van der Waals surface area contributed by atoms with Crippen molar-refractivity contribution in [2.45, 2.75) is 71.4 Å². The van der Waals surface area contributed by atoms with E-state index in [1.54, 1.807) is 0 Å². The van der Waals surface area contributed by atoms with Crippen LogP contribution < -0.4 is 10.6 Å². The van der Waals surface area contributed by atoms with Gasteiger partial charge < -0.3 is 20.6 Å². The molecule has 2 aliphatic rings. The fourth-order valence-electron chi connectivity index (χ4n) is 4.73. The molecular formula is C24H38N4O2. The second-order valence-electron chi connectivity index (χ2n) is 8.78. The Morgan fingerprint density at radius 1 is 1.13 bits per heavy atom. The van der Waals surface area contributed by atoms with E-state index in [0.717, 1.165) is 64.4 Å². The van der Waals surface area contributed by atoms with Crippen LogP contribution in [0.25, 0.3) is 0 Å². The molecule has 6 heteroatoms. The predicted octanol–water partition coefficient (Wildman–Crippen LogP) is 3.20. The number of aliphatic hydroxyl groups is 1. The summed E-state index contributed by atoms with van der Waals surface area (Å²) in [6, 6.07) is 8.30. The lowest BCUT2D eigenvalue weighted by Gasteiger charge is -2.35. The van der Waals surface area contributed by atoms with Gasteiger partial charge in [-0.2, -0.15) is 0 Å². The van der Waals surface area contributed by atoms with E-state index in [1.165, 1.54) is 30.4 Å². The number of hydrogen-bond donors (Lipinski definition) is 3. The average Bonchev–Trinajstić information content (AvgIpc) is 3.20. The highest BCUT2D eigenvalue weighted by molar-refractivity contribution is 5.80. The van der Waals surface area contributed by atoms with Crippen LogP contribution in [0.15, 0.2) is 29.3 Å². The molecule has 1 saturated carbocycles. The second-order valence-corrected chi connectivity index (χ2v) is 8.78. The number of hydrogen-bond acceptors (Lipinski definition) is 3. The fourth-order valence-corrected chi connectivity index (χ4v) is 4.73. The summed E-state index contributed by atoms with van der Waals surface area (Å²) in [6.07, 6.45) is 8.26. The molecule has 3 N–H and O–H groups in total. The normalized spacial score (nSPS) is 18.2. The molecule has 1 amide bonds. The first-order valence-corrected chi connectivity index (χ1v) is 11.6. The van der Waals surface area contributed by atoms with Crippen molar-refractivity contribution < 1.29 is 9.90 Å². The summed E-state index contributed by atoms with van der Waals surface area (Å²) in [4.78, 5) is 19.3. The van der Waals surface area contributed by atoms with E-state index in [1.807, 2.05) is 17.0 Å². The summed E-state index contributed by atoms with van der Waals surface area (Å²) in [5, 5.41) is 16.2. The lowest BCUT2D eigenvalue weighted by molar-refractivity contribution is -0.131. The molecule has 1 aromatic rings. The summed E-state index contributed by atoms with van der Waals surface area (Å²) < 4.78 is 0. The van der Waals surface area contributed by atoms with Crippen LogP contribution in [0.4, 0.5) is 0 Å². The first-order chi connectivity index (χ1) is 14.7. The van der Waals surface area contributed by atoms with Gasteiger partial charge >= 0.3 is 0 Å². The Kier molecular flexibility index (Phi) is 8.55. The topological polar surface area (TPSA) is 77.0 Å². The second kappa shape index (κ2) is 11.3. The Balaban J connectivity index is 1.43. The number of nitrogens with one attached hydrogen (secondary N) is 2. The minimum absolute atomic E-state index is 0.149. The summed E-state index contributed by atoms with van der Waals surface area (Å²) in [5.41, 5.74) is 2.69. The molecular weight excluding hydrogens is 376 g/mol. The maximum Gasteiger partial charge on any atom is 0.223 e. The van der Waals surface area contributed by atoms with Crippen LogP contribution in [0.3, 0.4) is 0 Å². The van der Waals surface area contributed by atoms with Gasteiger partial charge in [-0.25, -0.2) is 0 Å². The number of carbonyl (C=O) groups is 1. The van der Waals surface area contributed by atoms with Gasteiger partial charge in [0.05, 0.1) is 0 Å². The first-order valence-electron chi connectivity index (χ1n) is 11.6. The Labute approximate surface area is 181 Å². The van der Waals surface area contributed by atoms with Gasteiger partial charge in [-0.1, -0.05) is 43.5 Å². The van der Waals surface area contributed by atoms with E-state index in [4.69, 9.17) is 4.99 Å². The molecule has 1 aliphatic carbocycles. The molecule has 1 fully saturated rings. The maximum atomic E-state index is 12.6. The van der Waals surface area contributed by atoms with Crippen molar-refractivity contribution in [3.8, 4) is 0 Å². The van der Waals surface area contributed by atoms with E-state index in [2.05, 4.69) is 29.7 Å². The quantitative estimate of drug-likeness (QED) is 0.329. The zero-order valence-electron chi connectivity index (χ0n) is 18.5. The molecule has 0 bridgehead atoms. The molecule has 1 aliphatic heterocycles. The summed E-state index contributed by atoms with van der Waals surface area (Å²) in [7, 11) is 0. The number of rotatable bonds is 9. The van der Waals surface area contributed by atoms with E-state index in [0.29, 0.717) is 6.42 Å². The number of guanidine groups is 1. The molecule has 1 aromatic carbocycles. The Hall–Kier alpha value is -2.08. The van der Waals surface area contributed by atoms with E-state index in [9.17, 15) is 9.90 Å². The molecule has 0 aromatic heterocycles. The van der Waals surface area contributed by atoms with Crippen LogP contribution in [0.2, 0.25) is 0 Å². The van der Waals surface area contributed by atoms with Crippen LogP contribution in [-0.2, 0) is 17.9 Å². The Morgan fingerprint density at radius 2 is 1.83 bits per heavy atom. The van der Waals surface area contributed by atoms with Crippen molar-refractivity contribution >= 4 is 11.9 Å². The lowest BCUT2D eigenvalue weighted by Crippen LogP contribution is -2.39. The molecule has 3 rings (SSSR count). The SMILES string of the molecule is CCNC(=NCC1(CCO)CCCCC1)NCCCC(=O)N1Cc2ccccc2C1. The lowest BCUT2D eigenvalue weighted by atomic mass is 9.72. The third-order valence-electron chi connectivity index (χ3n) is 6.53. The maximum absolute atomic E-state index is 12.6. The molecule has 0 spiro atoms. The van der Waals surface area contributed by atoms with E-state index >= 15 is 0 Å². The molecule has 0 radical (unpaired) electrons. The van der Waals surface area contributed by atoms with Gasteiger partial charge in [0, 0.05) is 45.8 Å². The summed E-state index contributed by atoms with van der Waals surface area (Å²) in [5.74, 6) is 1.04. The molecule has 6 nitrogen and oxygen atoms in total. The number of aliphatic imine (C=N–C) groups is 1. The van der Waals surface area contributed by atoms with Crippen molar-refractivity contribution in [1.29, 1.82) is 0 Å². The minimum Gasteiger partial charge on any atom is -0.396 e. The van der Waals surface area contributed by atoms with Gasteiger partial charge in [0.1, 0.15) is 0 Å². The average molecular weight is 415 g/mol. The number of aliphatic hydroxyl groups excluding tert-OH is 1. The van der Waals surface area contributed by atoms with Gasteiger partial charge in [0.15, 0.2) is 5.96 Å². The molecule has 166 valence electrons. The standard InChI is InChI=1S/C24H38N4O2/c1-2-25-23(27-19-24(14-16-29)12-6-3-7-13-24)26-15-8-11-22(30)28-17-20-9-4-5-10-21(20)18-28/h4-5,9-10,29H,2-3,6-8,11-19H2,1H3,(H2,25,26,27). The van der Waals surface area contributed by atoms with Crippen LogP contribution in [0, 0.1) is 5.41 Å². The monoisotopic (exact) mass is 414 g/mol. The first kappa shape index (κ1) is 22.6. The van der Waals surface area contributed by atoms with Crippen molar-refractivity contribution in [3.63, 3.8) is 0 Å². The van der Waals surface area contributed by atoms with Crippen molar-refractivity contribution in [2.24, 2.45) is 10.4 Å². The third kappa shape index (κ3) is 6.21. The van der Waals surface area contributed by atoms with Crippen LogP contribution in [-0.4, -0.2) is 48.1 Å². The smallest absolute Gasteiger partial charge is 0.223 e. The zero-order chi connectivity index (χ0) is 21.2. The van der Waals surface area contributed by atoms with Crippen molar-refractivity contribution in [2.75, 3.05) is 26.2 Å². The molecule has 0 atom stereocenters. The molecule has 30 heavy (non-hydrogen) atoms. The highest BCUT2D eigenvalue weighted by Crippen LogP contribution is 2.39. The number of carbonyl (C=O) groups excluding carboxylic acids is 1. The van der Waals surface area contributed by atoms with Crippen LogP contribution >= 0.6 is 0 Å². The van der Waals surface area contributed by atoms with Gasteiger partial charge in [-0.15, -0.1) is 0 Å². The van der Waals surface area contributed by atoms with Gasteiger partial charge in [-0.3, -0.25) is 9.79 Å². The van der Waals surface area contributed by atoms with Crippen LogP contribution in [0.1, 0.15) is 69.4 Å². The number of amides is 1. The highest BCUT2D eigenvalue weighted by Gasteiger charge is 2.31. The zero-order valence-corrected chi connectivity index (χ0v) is 18.5. The number of benzene rings is 1. The van der Waals surface area contributed by atoms with Gasteiger partial charge in [-0.05, 0) is 49.1 Å². The van der Waals surface area contributed by atoms with Crippen molar-refractivity contribution in [1.82, 2.24) is 15.5 Å². The van der Waals surface area contributed by atoms with Crippen LogP contribution in [0.5, 0.6) is 0 Å². The molecule has 0 unspecified atom stereocenters. The predicted molar refractivity (Wildman–Crippen MR) is 121 cm³/mol. The summed E-state index contributed by atoms with van der Waals surface area (Å²) in [6.45, 7) is 6.07. The highest BCUT2D eigenvalue weighted by atomic mass is 16.3. The van der Waals surface area contributed by atoms with Crippen molar-refractivity contribution in [3.05, 3.63) is 35.4 Å². The largest absolute Gasteiger partial charge is 0.396 e. The van der Waals surface area contributed by atoms with E-state index in [-0.39, 0.29) is 17.9 Å². The number of fused-ring (bicyclic) bond motifs is 1. The fraction of sp³-hybridized carbons (Fsp3) is 0.667. The van der Waals surface area contributed by atoms with Gasteiger partial charge in [0.25, 0.3) is 0 Å². The summed E-state index contributed by atoms with van der Waals surface area (Å²) >= 11 is 0. The molecule has 1 heterocycles. The molecule has 0 saturated heterocycles. The minimum atomic E-state index is 0.149.